The van der Waals surface area contributed by atoms with Gasteiger partial charge in [0.2, 0.25) is 10.0 Å². The van der Waals surface area contributed by atoms with Crippen molar-refractivity contribution in [1.82, 2.24) is 14.5 Å². The topological polar surface area (TPSA) is 124 Å². The van der Waals surface area contributed by atoms with Crippen LogP contribution in [-0.2, 0) is 10.0 Å². The van der Waals surface area contributed by atoms with E-state index in [1.807, 2.05) is 0 Å². The molecule has 2 rings (SSSR count). The summed E-state index contributed by atoms with van der Waals surface area (Å²) in [6.45, 7) is 1.60. The van der Waals surface area contributed by atoms with Crippen LogP contribution in [0.5, 0.6) is 0 Å². The van der Waals surface area contributed by atoms with Crippen LogP contribution in [0.1, 0.15) is 22.6 Å². The van der Waals surface area contributed by atoms with E-state index in [4.69, 9.17) is 5.11 Å². The highest BCUT2D eigenvalue weighted by Crippen LogP contribution is 2.25. The summed E-state index contributed by atoms with van der Waals surface area (Å²) < 4.78 is 25.6. The lowest BCUT2D eigenvalue weighted by Gasteiger charge is -2.15. The van der Waals surface area contributed by atoms with E-state index in [0.29, 0.717) is 6.42 Å². The quantitative estimate of drug-likeness (QED) is 0.661. The van der Waals surface area contributed by atoms with Gasteiger partial charge in [0.05, 0.1) is 11.8 Å². The van der Waals surface area contributed by atoms with Crippen LogP contribution in [0.4, 0.5) is 0 Å². The molecule has 1 aliphatic rings. The van der Waals surface area contributed by atoms with E-state index in [-0.39, 0.29) is 23.7 Å². The fourth-order valence-electron chi connectivity index (χ4n) is 1.94. The first-order valence-electron chi connectivity index (χ1n) is 5.30. The number of carboxylic acid groups (broad SMARTS) is 1. The largest absolute Gasteiger partial charge is 0.476 e. The average molecular weight is 275 g/mol. The Hall–Kier alpha value is -1.45. The number of nitrogens with zero attached hydrogens (tertiary/aromatic N) is 2. The van der Waals surface area contributed by atoms with Crippen LogP contribution in [-0.4, -0.2) is 58.3 Å². The monoisotopic (exact) mass is 275 g/mol. The van der Waals surface area contributed by atoms with E-state index in [1.54, 1.807) is 0 Å². The third-order valence-corrected chi connectivity index (χ3v) is 4.84. The van der Waals surface area contributed by atoms with Crippen molar-refractivity contribution in [3.63, 3.8) is 0 Å². The second-order valence-electron chi connectivity index (χ2n) is 4.14. The molecule has 18 heavy (non-hydrogen) atoms. The van der Waals surface area contributed by atoms with Gasteiger partial charge >= 0.3 is 5.97 Å². The third-order valence-electron chi connectivity index (χ3n) is 2.82. The predicted molar refractivity (Wildman–Crippen MR) is 59.7 cm³/mol. The zero-order valence-corrected chi connectivity index (χ0v) is 10.4. The van der Waals surface area contributed by atoms with E-state index in [1.165, 1.54) is 6.92 Å². The van der Waals surface area contributed by atoms with Crippen LogP contribution in [0, 0.1) is 6.92 Å². The number of sulfonamides is 1. The fourth-order valence-corrected chi connectivity index (χ4v) is 3.72. The molecule has 0 aromatic carbocycles. The van der Waals surface area contributed by atoms with Gasteiger partial charge in [0.1, 0.15) is 4.90 Å². The molecule has 0 radical (unpaired) electrons. The Labute approximate surface area is 103 Å². The first kappa shape index (κ1) is 13.0. The Bertz CT molecular complexity index is 579. The zero-order valence-electron chi connectivity index (χ0n) is 9.62. The number of hydrogen-bond acceptors (Lipinski definition) is 5. The highest BCUT2D eigenvalue weighted by Gasteiger charge is 2.37. The summed E-state index contributed by atoms with van der Waals surface area (Å²) in [7, 11) is -3.94. The minimum absolute atomic E-state index is 0.0218. The summed E-state index contributed by atoms with van der Waals surface area (Å²) >= 11 is 0. The SMILES string of the molecule is Cc1[nH]nc(C(=O)O)c1S(=O)(=O)N1CCC(O)C1. The number of H-pyrrole nitrogens is 1. The number of carboxylic acids is 1. The minimum atomic E-state index is -3.94. The molecular formula is C9H13N3O5S. The Morgan fingerprint density at radius 2 is 2.22 bits per heavy atom. The molecular weight excluding hydrogens is 262 g/mol. The number of carbonyl (C=O) groups is 1. The minimum Gasteiger partial charge on any atom is -0.476 e. The molecule has 0 bridgehead atoms. The highest BCUT2D eigenvalue weighted by molar-refractivity contribution is 7.89. The van der Waals surface area contributed by atoms with Gasteiger partial charge in [-0.05, 0) is 13.3 Å². The van der Waals surface area contributed by atoms with Crippen LogP contribution in [0.25, 0.3) is 0 Å². The van der Waals surface area contributed by atoms with Gasteiger partial charge < -0.3 is 10.2 Å². The van der Waals surface area contributed by atoms with Gasteiger partial charge in [0, 0.05) is 13.1 Å². The van der Waals surface area contributed by atoms with Gasteiger partial charge in [-0.2, -0.15) is 9.40 Å². The molecule has 0 aliphatic carbocycles. The number of β-amino-alcohol motifs (C(OH)–C–C–N with tert-alkyl or cyclic N) is 1. The van der Waals surface area contributed by atoms with Crippen molar-refractivity contribution in [3.8, 4) is 0 Å². The Balaban J connectivity index is 2.48. The molecule has 0 saturated carbocycles. The zero-order chi connectivity index (χ0) is 13.5. The number of aromatic amines is 1. The smallest absolute Gasteiger partial charge is 0.357 e. The van der Waals surface area contributed by atoms with Crippen molar-refractivity contribution < 1.29 is 23.4 Å². The predicted octanol–water partition coefficient (Wildman–Crippen LogP) is -0.828. The number of aromatic nitrogens is 2. The van der Waals surface area contributed by atoms with Gasteiger partial charge in [-0.3, -0.25) is 5.10 Å². The molecule has 8 nitrogen and oxygen atoms in total. The highest BCUT2D eigenvalue weighted by atomic mass is 32.2. The summed E-state index contributed by atoms with van der Waals surface area (Å²) in [5.74, 6) is -1.40. The van der Waals surface area contributed by atoms with Crippen LogP contribution in [0.2, 0.25) is 0 Å². The lowest BCUT2D eigenvalue weighted by Crippen LogP contribution is -2.31. The first-order chi connectivity index (χ1) is 8.34. The van der Waals surface area contributed by atoms with Crippen molar-refractivity contribution in [2.24, 2.45) is 0 Å². The van der Waals surface area contributed by atoms with Gasteiger partial charge in [0.25, 0.3) is 0 Å². The first-order valence-corrected chi connectivity index (χ1v) is 6.74. The van der Waals surface area contributed by atoms with E-state index >= 15 is 0 Å². The molecule has 0 amide bonds. The van der Waals surface area contributed by atoms with Crippen molar-refractivity contribution in [3.05, 3.63) is 11.4 Å². The van der Waals surface area contributed by atoms with Gasteiger partial charge in [-0.15, -0.1) is 0 Å². The Morgan fingerprint density at radius 1 is 1.56 bits per heavy atom. The maximum absolute atomic E-state index is 12.3. The van der Waals surface area contributed by atoms with Crippen molar-refractivity contribution in [2.75, 3.05) is 13.1 Å². The van der Waals surface area contributed by atoms with Gasteiger partial charge in [-0.1, -0.05) is 0 Å². The van der Waals surface area contributed by atoms with Crippen molar-refractivity contribution in [1.29, 1.82) is 0 Å². The van der Waals surface area contributed by atoms with Crippen molar-refractivity contribution in [2.45, 2.75) is 24.3 Å². The number of aliphatic hydroxyl groups excluding tert-OH is 1. The summed E-state index contributed by atoms with van der Waals surface area (Å²) in [6.07, 6.45) is -0.362. The number of aliphatic hydroxyl groups is 1. The molecule has 0 spiro atoms. The molecule has 9 heteroatoms. The molecule has 1 fully saturated rings. The van der Waals surface area contributed by atoms with Gasteiger partial charge in [-0.25, -0.2) is 13.2 Å². The normalized spacial score (nSPS) is 21.3. The average Bonchev–Trinajstić information content (AvgIpc) is 2.84. The van der Waals surface area contributed by atoms with E-state index in [9.17, 15) is 18.3 Å². The number of aromatic carboxylic acids is 1. The van der Waals surface area contributed by atoms with Crippen LogP contribution in [0.15, 0.2) is 4.90 Å². The summed E-state index contributed by atoms with van der Waals surface area (Å²) in [5, 5.41) is 24.1. The number of nitrogens with one attached hydrogen (secondary N) is 1. The standard InChI is InChI=1S/C9H13N3O5S/c1-5-8(7(9(14)15)11-10-5)18(16,17)12-3-2-6(13)4-12/h6,13H,2-4H2,1H3,(H,10,11)(H,14,15). The summed E-state index contributed by atoms with van der Waals surface area (Å²) in [6, 6.07) is 0. The number of aryl methyl sites for hydroxylation is 1. The van der Waals surface area contributed by atoms with E-state index in [0.717, 1.165) is 4.31 Å². The van der Waals surface area contributed by atoms with Crippen LogP contribution < -0.4 is 0 Å². The summed E-state index contributed by atoms with van der Waals surface area (Å²) in [5.41, 5.74) is -0.345. The van der Waals surface area contributed by atoms with E-state index < -0.39 is 27.8 Å². The van der Waals surface area contributed by atoms with Crippen LogP contribution in [0.3, 0.4) is 0 Å². The maximum atomic E-state index is 12.3. The molecule has 1 aromatic rings. The lowest BCUT2D eigenvalue weighted by molar-refractivity contribution is 0.0686. The van der Waals surface area contributed by atoms with Crippen LogP contribution >= 0.6 is 0 Å². The second-order valence-corrected chi connectivity index (χ2v) is 6.01. The molecule has 1 unspecified atom stereocenters. The lowest BCUT2D eigenvalue weighted by atomic mass is 10.3. The molecule has 1 aromatic heterocycles. The molecule has 1 atom stereocenters. The molecule has 2 heterocycles. The van der Waals surface area contributed by atoms with Gasteiger partial charge in [0.15, 0.2) is 5.69 Å². The molecule has 1 saturated heterocycles. The fraction of sp³-hybridized carbons (Fsp3) is 0.556. The second kappa shape index (κ2) is 4.34. The Kier molecular flexibility index (Phi) is 3.13. The molecule has 3 N–H and O–H groups in total. The number of rotatable bonds is 3. The third kappa shape index (κ3) is 2.00. The summed E-state index contributed by atoms with van der Waals surface area (Å²) in [4.78, 5) is 10.6. The number of hydrogen-bond donors (Lipinski definition) is 3. The molecule has 100 valence electrons. The molecule has 1 aliphatic heterocycles. The van der Waals surface area contributed by atoms with E-state index in [2.05, 4.69) is 10.2 Å². The Morgan fingerprint density at radius 3 is 2.72 bits per heavy atom. The van der Waals surface area contributed by atoms with Crippen molar-refractivity contribution >= 4 is 16.0 Å². The maximum Gasteiger partial charge on any atom is 0.357 e.